The van der Waals surface area contributed by atoms with Crippen molar-refractivity contribution in [2.75, 3.05) is 0 Å². The van der Waals surface area contributed by atoms with E-state index in [4.69, 9.17) is 0 Å². The summed E-state index contributed by atoms with van der Waals surface area (Å²) in [7, 11) is 0. The number of benzene rings is 1. The number of carbonyl (C=O) groups is 1. The molecule has 0 atom stereocenters. The Hall–Kier alpha value is -2.69. The van der Waals surface area contributed by atoms with Crippen LogP contribution in [0.25, 0.3) is 11.2 Å². The standard InChI is InChI=1S/C18H20N4O/c1-18(2,11-13-7-4-3-5-8-13)17(23)20-12-15-21-14-9-6-10-19-16(14)22-15/h3-10H,11-12H2,1-2H3,(H,20,23)(H,19,21,22). The molecule has 3 aromatic rings. The number of aromatic nitrogens is 3. The number of H-pyrrole nitrogens is 1. The van der Waals surface area contributed by atoms with Crippen LogP contribution in [0.1, 0.15) is 25.2 Å². The van der Waals surface area contributed by atoms with Gasteiger partial charge in [-0.25, -0.2) is 9.97 Å². The van der Waals surface area contributed by atoms with Crippen LogP contribution in [0.4, 0.5) is 0 Å². The van der Waals surface area contributed by atoms with E-state index in [1.54, 1.807) is 6.20 Å². The van der Waals surface area contributed by atoms with Gasteiger partial charge in [-0.2, -0.15) is 0 Å². The molecule has 0 fully saturated rings. The Morgan fingerprint density at radius 3 is 2.70 bits per heavy atom. The molecule has 3 rings (SSSR count). The third-order valence-corrected chi connectivity index (χ3v) is 3.83. The second kappa shape index (κ2) is 6.20. The average Bonchev–Trinajstić information content (AvgIpc) is 2.96. The Morgan fingerprint density at radius 1 is 1.17 bits per heavy atom. The Bertz CT molecular complexity index is 775. The van der Waals surface area contributed by atoms with Crippen molar-refractivity contribution in [3.8, 4) is 0 Å². The molecular weight excluding hydrogens is 288 g/mol. The van der Waals surface area contributed by atoms with Gasteiger partial charge < -0.3 is 10.3 Å². The maximum Gasteiger partial charge on any atom is 0.226 e. The summed E-state index contributed by atoms with van der Waals surface area (Å²) in [6.45, 7) is 4.28. The van der Waals surface area contributed by atoms with Gasteiger partial charge in [0.05, 0.1) is 12.1 Å². The molecule has 2 N–H and O–H groups in total. The van der Waals surface area contributed by atoms with E-state index in [1.807, 2.05) is 56.3 Å². The average molecular weight is 308 g/mol. The van der Waals surface area contributed by atoms with Crippen LogP contribution in [0.5, 0.6) is 0 Å². The van der Waals surface area contributed by atoms with Crippen molar-refractivity contribution in [1.29, 1.82) is 0 Å². The van der Waals surface area contributed by atoms with Crippen molar-refractivity contribution in [2.24, 2.45) is 5.41 Å². The van der Waals surface area contributed by atoms with Crippen molar-refractivity contribution in [3.05, 3.63) is 60.0 Å². The van der Waals surface area contributed by atoms with E-state index >= 15 is 0 Å². The molecule has 0 saturated heterocycles. The molecule has 0 aliphatic heterocycles. The Balaban J connectivity index is 1.63. The second-order valence-electron chi connectivity index (χ2n) is 6.29. The molecule has 0 unspecified atom stereocenters. The minimum Gasteiger partial charge on any atom is -0.348 e. The number of rotatable bonds is 5. The number of fused-ring (bicyclic) bond motifs is 1. The number of imidazole rings is 1. The normalized spacial score (nSPS) is 11.6. The molecule has 0 bridgehead atoms. The molecule has 5 heteroatoms. The summed E-state index contributed by atoms with van der Waals surface area (Å²) in [6, 6.07) is 13.8. The zero-order valence-electron chi connectivity index (χ0n) is 13.3. The van der Waals surface area contributed by atoms with Gasteiger partial charge in [-0.1, -0.05) is 44.2 Å². The Kier molecular flexibility index (Phi) is 4.10. The van der Waals surface area contributed by atoms with Crippen molar-refractivity contribution < 1.29 is 4.79 Å². The van der Waals surface area contributed by atoms with Gasteiger partial charge in [0.1, 0.15) is 5.82 Å². The van der Waals surface area contributed by atoms with E-state index in [0.29, 0.717) is 24.4 Å². The lowest BCUT2D eigenvalue weighted by atomic mass is 9.85. The second-order valence-corrected chi connectivity index (χ2v) is 6.29. The SMILES string of the molecule is CC(C)(Cc1ccccc1)C(=O)NCc1nc2ncccc2[nH]1. The number of hydrogen-bond donors (Lipinski definition) is 2. The highest BCUT2D eigenvalue weighted by atomic mass is 16.2. The molecule has 0 radical (unpaired) electrons. The highest BCUT2D eigenvalue weighted by molar-refractivity contribution is 5.82. The van der Waals surface area contributed by atoms with Gasteiger partial charge in [0.15, 0.2) is 5.65 Å². The number of hydrogen-bond acceptors (Lipinski definition) is 3. The summed E-state index contributed by atoms with van der Waals surface area (Å²) < 4.78 is 0. The van der Waals surface area contributed by atoms with E-state index < -0.39 is 5.41 Å². The highest BCUT2D eigenvalue weighted by Crippen LogP contribution is 2.22. The Labute approximate surface area is 135 Å². The molecule has 2 heterocycles. The van der Waals surface area contributed by atoms with Gasteiger partial charge in [0.2, 0.25) is 5.91 Å². The minimum atomic E-state index is -0.481. The number of nitrogens with zero attached hydrogens (tertiary/aromatic N) is 2. The first-order chi connectivity index (χ1) is 11.0. The molecule has 118 valence electrons. The summed E-state index contributed by atoms with van der Waals surface area (Å²) in [6.07, 6.45) is 2.40. The van der Waals surface area contributed by atoms with Crippen LogP contribution in [0.2, 0.25) is 0 Å². The molecule has 1 amide bonds. The number of nitrogens with one attached hydrogen (secondary N) is 2. The van der Waals surface area contributed by atoms with Crippen molar-refractivity contribution in [1.82, 2.24) is 20.3 Å². The van der Waals surface area contributed by atoms with Gasteiger partial charge in [0, 0.05) is 11.6 Å². The van der Waals surface area contributed by atoms with E-state index in [0.717, 1.165) is 11.1 Å². The van der Waals surface area contributed by atoms with Crippen LogP contribution in [0.3, 0.4) is 0 Å². The van der Waals surface area contributed by atoms with E-state index in [1.165, 1.54) is 0 Å². The quantitative estimate of drug-likeness (QED) is 0.761. The Morgan fingerprint density at radius 2 is 1.96 bits per heavy atom. The molecule has 5 nitrogen and oxygen atoms in total. The van der Waals surface area contributed by atoms with Crippen LogP contribution in [0.15, 0.2) is 48.7 Å². The summed E-state index contributed by atoms with van der Waals surface area (Å²) in [5, 5.41) is 2.96. The smallest absolute Gasteiger partial charge is 0.226 e. The van der Waals surface area contributed by atoms with Crippen LogP contribution in [-0.4, -0.2) is 20.9 Å². The summed E-state index contributed by atoms with van der Waals surface area (Å²) >= 11 is 0. The van der Waals surface area contributed by atoms with Gasteiger partial charge >= 0.3 is 0 Å². The fourth-order valence-corrected chi connectivity index (χ4v) is 2.57. The van der Waals surface area contributed by atoms with E-state index in [2.05, 4.69) is 20.3 Å². The van der Waals surface area contributed by atoms with Crippen LogP contribution in [0, 0.1) is 5.41 Å². The number of aromatic amines is 1. The fraction of sp³-hybridized carbons (Fsp3) is 0.278. The van der Waals surface area contributed by atoms with Crippen molar-refractivity contribution >= 4 is 17.1 Å². The molecule has 1 aromatic carbocycles. The predicted molar refractivity (Wildman–Crippen MR) is 89.7 cm³/mol. The van der Waals surface area contributed by atoms with Gasteiger partial charge in [0.25, 0.3) is 0 Å². The minimum absolute atomic E-state index is 0.00904. The molecule has 23 heavy (non-hydrogen) atoms. The summed E-state index contributed by atoms with van der Waals surface area (Å²) in [4.78, 5) is 24.2. The van der Waals surface area contributed by atoms with Crippen molar-refractivity contribution in [3.63, 3.8) is 0 Å². The van der Waals surface area contributed by atoms with Gasteiger partial charge in [-0.05, 0) is 24.1 Å². The predicted octanol–water partition coefficient (Wildman–Crippen LogP) is 2.84. The van der Waals surface area contributed by atoms with Gasteiger partial charge in [-0.3, -0.25) is 4.79 Å². The van der Waals surface area contributed by atoms with E-state index in [9.17, 15) is 4.79 Å². The summed E-state index contributed by atoms with van der Waals surface area (Å²) in [5.74, 6) is 0.720. The topological polar surface area (TPSA) is 70.7 Å². The number of carbonyl (C=O) groups excluding carboxylic acids is 1. The van der Waals surface area contributed by atoms with Gasteiger partial charge in [-0.15, -0.1) is 0 Å². The molecule has 2 aromatic heterocycles. The molecule has 0 aliphatic carbocycles. The zero-order valence-corrected chi connectivity index (χ0v) is 13.3. The van der Waals surface area contributed by atoms with E-state index in [-0.39, 0.29) is 5.91 Å². The fourth-order valence-electron chi connectivity index (χ4n) is 2.57. The zero-order chi connectivity index (χ0) is 16.3. The first kappa shape index (κ1) is 15.2. The third kappa shape index (κ3) is 3.56. The largest absolute Gasteiger partial charge is 0.348 e. The molecular formula is C18H20N4O. The van der Waals surface area contributed by atoms with Crippen LogP contribution in [-0.2, 0) is 17.8 Å². The molecule has 0 aliphatic rings. The summed E-state index contributed by atoms with van der Waals surface area (Å²) in [5.41, 5.74) is 2.21. The first-order valence-corrected chi connectivity index (χ1v) is 7.66. The molecule has 0 spiro atoms. The first-order valence-electron chi connectivity index (χ1n) is 7.66. The maximum atomic E-state index is 12.5. The van der Waals surface area contributed by atoms with Crippen LogP contribution < -0.4 is 5.32 Å². The lowest BCUT2D eigenvalue weighted by molar-refractivity contribution is -0.129. The monoisotopic (exact) mass is 308 g/mol. The lowest BCUT2D eigenvalue weighted by Gasteiger charge is -2.23. The third-order valence-electron chi connectivity index (χ3n) is 3.83. The van der Waals surface area contributed by atoms with Crippen molar-refractivity contribution in [2.45, 2.75) is 26.8 Å². The molecule has 0 saturated carbocycles. The number of amides is 1. The maximum absolute atomic E-state index is 12.5. The lowest BCUT2D eigenvalue weighted by Crippen LogP contribution is -2.38. The van der Waals surface area contributed by atoms with Crippen LogP contribution >= 0.6 is 0 Å². The highest BCUT2D eigenvalue weighted by Gasteiger charge is 2.27. The number of pyridine rings is 1.